The number of rotatable bonds is 4. The van der Waals surface area contributed by atoms with Gasteiger partial charge in [-0.25, -0.2) is 13.2 Å². The van der Waals surface area contributed by atoms with E-state index in [9.17, 15) is 13.2 Å². The van der Waals surface area contributed by atoms with Crippen molar-refractivity contribution in [3.63, 3.8) is 0 Å². The Hall–Kier alpha value is -1.56. The molecule has 2 amide bonds. The molecule has 4 rings (SSSR count). The second kappa shape index (κ2) is 6.25. The molecule has 1 aromatic carbocycles. The van der Waals surface area contributed by atoms with Gasteiger partial charge in [-0.2, -0.15) is 0 Å². The van der Waals surface area contributed by atoms with E-state index >= 15 is 0 Å². The Morgan fingerprint density at radius 1 is 1.12 bits per heavy atom. The summed E-state index contributed by atoms with van der Waals surface area (Å²) in [6.07, 6.45) is 8.02. The number of carbonyl (C=O) groups is 1. The molecule has 1 unspecified atom stereocenters. The molecule has 0 aromatic heterocycles. The smallest absolute Gasteiger partial charge is 0.318 e. The van der Waals surface area contributed by atoms with Crippen LogP contribution in [-0.4, -0.2) is 43.4 Å². The number of amides is 2. The molecule has 2 aliphatic carbocycles. The van der Waals surface area contributed by atoms with Crippen molar-refractivity contribution in [2.75, 3.05) is 19.3 Å². The van der Waals surface area contributed by atoms with E-state index in [1.165, 1.54) is 31.1 Å². The van der Waals surface area contributed by atoms with Crippen LogP contribution >= 0.6 is 0 Å². The lowest BCUT2D eigenvalue weighted by Crippen LogP contribution is -2.65. The van der Waals surface area contributed by atoms with E-state index in [4.69, 9.17) is 0 Å². The number of likely N-dealkylation sites (tertiary alicyclic amines) is 1. The molecule has 26 heavy (non-hydrogen) atoms. The maximum atomic E-state index is 12.9. The van der Waals surface area contributed by atoms with Gasteiger partial charge in [-0.1, -0.05) is 49.6 Å². The van der Waals surface area contributed by atoms with Gasteiger partial charge in [0.2, 0.25) is 0 Å². The molecule has 1 spiro atoms. The Kier molecular flexibility index (Phi) is 4.29. The van der Waals surface area contributed by atoms with Gasteiger partial charge in [0.1, 0.15) is 0 Å². The van der Waals surface area contributed by atoms with Crippen molar-refractivity contribution >= 4 is 15.9 Å². The standard InChI is InChI=1S/C20H28N2O3S/c1-26(24,25)20(12-5-6-13-20)14-21-18(23)22-15-19(10-7-11-19)17(22)16-8-3-2-4-9-16/h2-4,8-9,17H,5-7,10-15H2,1H3,(H,21,23). The minimum absolute atomic E-state index is 0.119. The SMILES string of the molecule is CS(=O)(=O)C1(CNC(=O)N2CC3(CCC3)C2c2ccccc2)CCCC1. The van der Waals surface area contributed by atoms with Gasteiger partial charge in [0, 0.05) is 24.8 Å². The van der Waals surface area contributed by atoms with Crippen LogP contribution in [0, 0.1) is 5.41 Å². The average molecular weight is 377 g/mol. The first kappa shape index (κ1) is 17.8. The number of nitrogens with zero attached hydrogens (tertiary/aromatic N) is 1. The van der Waals surface area contributed by atoms with Crippen LogP contribution in [0.4, 0.5) is 4.79 Å². The Morgan fingerprint density at radius 2 is 1.77 bits per heavy atom. The molecule has 3 fully saturated rings. The molecular formula is C20H28N2O3S. The zero-order chi connectivity index (χ0) is 18.4. The third-order valence-electron chi connectivity index (χ3n) is 6.97. The van der Waals surface area contributed by atoms with E-state index in [1.54, 1.807) is 0 Å². The van der Waals surface area contributed by atoms with Gasteiger partial charge in [-0.15, -0.1) is 0 Å². The van der Waals surface area contributed by atoms with Crippen LogP contribution in [0.3, 0.4) is 0 Å². The molecular weight excluding hydrogens is 348 g/mol. The minimum atomic E-state index is -3.19. The Morgan fingerprint density at radius 3 is 2.31 bits per heavy atom. The molecule has 1 heterocycles. The number of benzene rings is 1. The summed E-state index contributed by atoms with van der Waals surface area (Å²) in [5, 5.41) is 2.97. The molecule has 1 N–H and O–H groups in total. The number of hydrogen-bond acceptors (Lipinski definition) is 3. The molecule has 1 aromatic rings. The molecule has 0 radical (unpaired) electrons. The van der Waals surface area contributed by atoms with E-state index in [0.717, 1.165) is 19.4 Å². The van der Waals surface area contributed by atoms with Crippen LogP contribution in [0.15, 0.2) is 30.3 Å². The minimum Gasteiger partial charge on any atom is -0.336 e. The largest absolute Gasteiger partial charge is 0.336 e. The fraction of sp³-hybridized carbons (Fsp3) is 0.650. The fourth-order valence-corrected chi connectivity index (χ4v) is 6.56. The van der Waals surface area contributed by atoms with Crippen molar-refractivity contribution in [1.29, 1.82) is 0 Å². The predicted octanol–water partition coefficient (Wildman–Crippen LogP) is 3.28. The van der Waals surface area contributed by atoms with E-state index in [0.29, 0.717) is 12.8 Å². The summed E-state index contributed by atoms with van der Waals surface area (Å²) in [4.78, 5) is 14.8. The van der Waals surface area contributed by atoms with Gasteiger partial charge in [-0.05, 0) is 31.2 Å². The maximum absolute atomic E-state index is 12.9. The van der Waals surface area contributed by atoms with Gasteiger partial charge in [0.25, 0.3) is 0 Å². The summed E-state index contributed by atoms with van der Waals surface area (Å²) >= 11 is 0. The van der Waals surface area contributed by atoms with Gasteiger partial charge in [-0.3, -0.25) is 0 Å². The third kappa shape index (κ3) is 2.73. The van der Waals surface area contributed by atoms with Crippen molar-refractivity contribution in [2.45, 2.75) is 55.7 Å². The third-order valence-corrected chi connectivity index (χ3v) is 9.09. The molecule has 6 heteroatoms. The Labute approximate surface area is 156 Å². The van der Waals surface area contributed by atoms with Crippen molar-refractivity contribution in [2.24, 2.45) is 5.41 Å². The normalized spacial score (nSPS) is 26.2. The van der Waals surface area contributed by atoms with Gasteiger partial charge in [0.05, 0.1) is 10.8 Å². The molecule has 1 aliphatic heterocycles. The quantitative estimate of drug-likeness (QED) is 0.877. The number of hydrogen-bond donors (Lipinski definition) is 1. The van der Waals surface area contributed by atoms with Gasteiger partial charge < -0.3 is 10.2 Å². The highest BCUT2D eigenvalue weighted by atomic mass is 32.2. The van der Waals surface area contributed by atoms with Crippen LogP contribution in [0.2, 0.25) is 0 Å². The molecule has 142 valence electrons. The lowest BCUT2D eigenvalue weighted by atomic mass is 9.56. The van der Waals surface area contributed by atoms with Crippen LogP contribution in [0.1, 0.15) is 56.6 Å². The summed E-state index contributed by atoms with van der Waals surface area (Å²) in [6.45, 7) is 1.01. The lowest BCUT2D eigenvalue weighted by Gasteiger charge is -2.62. The highest BCUT2D eigenvalue weighted by molar-refractivity contribution is 7.92. The number of urea groups is 1. The Balaban J connectivity index is 1.48. The summed E-state index contributed by atoms with van der Waals surface area (Å²) in [5.74, 6) is 0. The van der Waals surface area contributed by atoms with Crippen molar-refractivity contribution in [1.82, 2.24) is 10.2 Å². The summed E-state index contributed by atoms with van der Waals surface area (Å²) in [6, 6.07) is 10.2. The summed E-state index contributed by atoms with van der Waals surface area (Å²) in [7, 11) is -3.19. The maximum Gasteiger partial charge on any atom is 0.318 e. The number of sulfone groups is 1. The van der Waals surface area contributed by atoms with E-state index in [-0.39, 0.29) is 24.0 Å². The van der Waals surface area contributed by atoms with Crippen LogP contribution < -0.4 is 5.32 Å². The summed E-state index contributed by atoms with van der Waals surface area (Å²) in [5.41, 5.74) is 1.42. The van der Waals surface area contributed by atoms with Crippen LogP contribution in [0.25, 0.3) is 0 Å². The zero-order valence-electron chi connectivity index (χ0n) is 15.4. The summed E-state index contributed by atoms with van der Waals surface area (Å²) < 4.78 is 23.8. The topological polar surface area (TPSA) is 66.5 Å². The van der Waals surface area contributed by atoms with Crippen LogP contribution in [-0.2, 0) is 9.84 Å². The van der Waals surface area contributed by atoms with E-state index in [2.05, 4.69) is 17.4 Å². The molecule has 0 bridgehead atoms. The first-order valence-corrected chi connectivity index (χ1v) is 11.6. The fourth-order valence-electron chi connectivity index (χ4n) is 5.19. The average Bonchev–Trinajstić information content (AvgIpc) is 3.02. The van der Waals surface area contributed by atoms with E-state index < -0.39 is 14.6 Å². The van der Waals surface area contributed by atoms with Crippen molar-refractivity contribution in [3.8, 4) is 0 Å². The number of carbonyl (C=O) groups excluding carboxylic acids is 1. The predicted molar refractivity (Wildman–Crippen MR) is 102 cm³/mol. The second-order valence-electron chi connectivity index (χ2n) is 8.48. The highest BCUT2D eigenvalue weighted by Gasteiger charge is 2.58. The first-order chi connectivity index (χ1) is 12.4. The zero-order valence-corrected chi connectivity index (χ0v) is 16.2. The second-order valence-corrected chi connectivity index (χ2v) is 10.9. The van der Waals surface area contributed by atoms with Gasteiger partial charge in [0.15, 0.2) is 9.84 Å². The number of nitrogens with one attached hydrogen (secondary N) is 1. The van der Waals surface area contributed by atoms with Crippen molar-refractivity contribution in [3.05, 3.63) is 35.9 Å². The monoisotopic (exact) mass is 376 g/mol. The van der Waals surface area contributed by atoms with Gasteiger partial charge >= 0.3 is 6.03 Å². The molecule has 1 saturated heterocycles. The highest BCUT2D eigenvalue weighted by Crippen LogP contribution is 2.60. The van der Waals surface area contributed by atoms with E-state index in [1.807, 2.05) is 23.1 Å². The molecule has 2 saturated carbocycles. The molecule has 5 nitrogen and oxygen atoms in total. The molecule has 1 atom stereocenters. The van der Waals surface area contributed by atoms with Crippen LogP contribution in [0.5, 0.6) is 0 Å². The Bertz CT molecular complexity index is 781. The first-order valence-electron chi connectivity index (χ1n) is 9.66. The molecule has 3 aliphatic rings. The lowest BCUT2D eigenvalue weighted by molar-refractivity contribution is -0.0998. The van der Waals surface area contributed by atoms with Crippen molar-refractivity contribution < 1.29 is 13.2 Å².